The Morgan fingerprint density at radius 3 is 2.70 bits per heavy atom. The lowest BCUT2D eigenvalue weighted by Crippen LogP contribution is -2.12. The molecule has 10 nitrogen and oxygen atoms in total. The van der Waals surface area contributed by atoms with E-state index in [9.17, 15) is 0 Å². The molecule has 2 aromatic heterocycles. The molecule has 0 fully saturated rings. The maximum Gasteiger partial charge on any atom is 0.240 e. The van der Waals surface area contributed by atoms with Gasteiger partial charge in [-0.2, -0.15) is 0 Å². The number of rotatable bonds is 4. The first-order valence-electron chi connectivity index (χ1n) is 8.21. The fourth-order valence-corrected chi connectivity index (χ4v) is 2.84. The lowest BCUT2D eigenvalue weighted by molar-refractivity contribution is 0.174. The third kappa shape index (κ3) is 2.72. The van der Waals surface area contributed by atoms with E-state index in [0.29, 0.717) is 23.1 Å². The van der Waals surface area contributed by atoms with E-state index in [1.54, 1.807) is 4.68 Å². The zero-order valence-electron chi connectivity index (χ0n) is 14.1. The number of nitrogen functional groups attached to an aromatic ring is 1. The minimum absolute atomic E-state index is 0.205. The Kier molecular flexibility index (Phi) is 3.46. The number of hydrogen-bond acceptors (Lipinski definition) is 8. The lowest BCUT2D eigenvalue weighted by Gasteiger charge is -2.07. The minimum Gasteiger partial charge on any atom is -0.454 e. The van der Waals surface area contributed by atoms with Crippen molar-refractivity contribution >= 4 is 5.95 Å². The average Bonchev–Trinajstić information content (AvgIpc) is 3.42. The Hall–Kier alpha value is -3.95. The van der Waals surface area contributed by atoms with Crippen LogP contribution in [0.3, 0.4) is 0 Å². The van der Waals surface area contributed by atoms with Crippen molar-refractivity contribution < 1.29 is 9.47 Å². The summed E-state index contributed by atoms with van der Waals surface area (Å²) in [5, 5.41) is 15.9. The quantitative estimate of drug-likeness (QED) is 0.577. The van der Waals surface area contributed by atoms with Gasteiger partial charge in [-0.05, 0) is 22.6 Å². The highest BCUT2D eigenvalue weighted by atomic mass is 16.7. The van der Waals surface area contributed by atoms with Gasteiger partial charge in [0.1, 0.15) is 6.54 Å². The lowest BCUT2D eigenvalue weighted by atomic mass is 10.2. The molecule has 0 saturated heterocycles. The Morgan fingerprint density at radius 1 is 1.04 bits per heavy atom. The number of tetrazole rings is 1. The summed E-state index contributed by atoms with van der Waals surface area (Å²) < 4.78 is 14.0. The summed E-state index contributed by atoms with van der Waals surface area (Å²) >= 11 is 0. The van der Waals surface area contributed by atoms with E-state index in [-0.39, 0.29) is 19.3 Å². The van der Waals surface area contributed by atoms with Gasteiger partial charge < -0.3 is 15.2 Å². The molecule has 27 heavy (non-hydrogen) atoms. The van der Waals surface area contributed by atoms with Gasteiger partial charge in [-0.3, -0.25) is 0 Å². The molecule has 4 aromatic rings. The molecule has 5 rings (SSSR count). The van der Waals surface area contributed by atoms with Crippen molar-refractivity contribution in [2.75, 3.05) is 12.5 Å². The summed E-state index contributed by atoms with van der Waals surface area (Å²) in [6.45, 7) is 0.479. The zero-order chi connectivity index (χ0) is 18.2. The smallest absolute Gasteiger partial charge is 0.240 e. The molecule has 1 aliphatic heterocycles. The average molecular weight is 362 g/mol. The van der Waals surface area contributed by atoms with Gasteiger partial charge in [0.2, 0.25) is 12.7 Å². The Morgan fingerprint density at radius 2 is 1.89 bits per heavy atom. The number of fused-ring (bicyclic) bond motifs is 1. The second kappa shape index (κ2) is 6.09. The Balaban J connectivity index is 1.62. The number of benzene rings is 2. The van der Waals surface area contributed by atoms with Gasteiger partial charge in [-0.25, -0.2) is 14.3 Å². The van der Waals surface area contributed by atoms with Crippen molar-refractivity contribution in [1.29, 1.82) is 0 Å². The van der Waals surface area contributed by atoms with Gasteiger partial charge in [0.25, 0.3) is 0 Å². The van der Waals surface area contributed by atoms with Crippen LogP contribution in [-0.4, -0.2) is 41.8 Å². The molecule has 2 N–H and O–H groups in total. The van der Waals surface area contributed by atoms with Crippen molar-refractivity contribution in [3.05, 3.63) is 54.4 Å². The summed E-state index contributed by atoms with van der Waals surface area (Å²) in [7, 11) is 0. The second-order valence-electron chi connectivity index (χ2n) is 5.86. The SMILES string of the molecule is Nc1nnnn1Cc1nc(-c2ccccc2)nn1-c1ccc2c(c1)OCO2. The van der Waals surface area contributed by atoms with Gasteiger partial charge in [-0.15, -0.1) is 5.10 Å². The summed E-state index contributed by atoms with van der Waals surface area (Å²) in [6.07, 6.45) is 0. The topological polar surface area (TPSA) is 119 Å². The maximum atomic E-state index is 5.80. The first kappa shape index (κ1) is 15.3. The Bertz CT molecular complexity index is 1110. The third-order valence-electron chi connectivity index (χ3n) is 4.16. The van der Waals surface area contributed by atoms with Gasteiger partial charge in [0.15, 0.2) is 23.1 Å². The van der Waals surface area contributed by atoms with E-state index in [2.05, 4.69) is 25.6 Å². The predicted octanol–water partition coefficient (Wildman–Crippen LogP) is 1.28. The van der Waals surface area contributed by atoms with Gasteiger partial charge in [0, 0.05) is 11.6 Å². The summed E-state index contributed by atoms with van der Waals surface area (Å²) in [5.74, 6) is 2.80. The normalized spacial score (nSPS) is 12.4. The highest BCUT2D eigenvalue weighted by Gasteiger charge is 2.19. The largest absolute Gasteiger partial charge is 0.454 e. The van der Waals surface area contributed by atoms with Crippen LogP contribution in [0.1, 0.15) is 5.82 Å². The monoisotopic (exact) mass is 362 g/mol. The van der Waals surface area contributed by atoms with E-state index < -0.39 is 0 Å². The van der Waals surface area contributed by atoms with Crippen LogP contribution in [0.25, 0.3) is 17.1 Å². The van der Waals surface area contributed by atoms with Gasteiger partial charge in [0.05, 0.1) is 5.69 Å². The molecule has 2 aromatic carbocycles. The predicted molar refractivity (Wildman–Crippen MR) is 94.2 cm³/mol. The van der Waals surface area contributed by atoms with Crippen molar-refractivity contribution in [3.63, 3.8) is 0 Å². The molecule has 0 spiro atoms. The number of nitrogens with zero attached hydrogens (tertiary/aromatic N) is 7. The fourth-order valence-electron chi connectivity index (χ4n) is 2.84. The summed E-state index contributed by atoms with van der Waals surface area (Å²) in [6, 6.07) is 15.3. The molecular weight excluding hydrogens is 348 g/mol. The molecule has 0 saturated carbocycles. The van der Waals surface area contributed by atoms with Crippen LogP contribution in [0.2, 0.25) is 0 Å². The number of ether oxygens (including phenoxy) is 2. The number of aromatic nitrogens is 7. The molecule has 134 valence electrons. The molecule has 0 bridgehead atoms. The highest BCUT2D eigenvalue weighted by molar-refractivity contribution is 5.56. The van der Waals surface area contributed by atoms with Crippen molar-refractivity contribution in [3.8, 4) is 28.6 Å². The van der Waals surface area contributed by atoms with Gasteiger partial charge >= 0.3 is 0 Å². The first-order chi connectivity index (χ1) is 13.3. The van der Waals surface area contributed by atoms with Crippen LogP contribution in [-0.2, 0) is 6.54 Å². The third-order valence-corrected chi connectivity index (χ3v) is 4.16. The van der Waals surface area contributed by atoms with Crippen molar-refractivity contribution in [2.45, 2.75) is 6.54 Å². The van der Waals surface area contributed by atoms with E-state index in [1.165, 1.54) is 4.68 Å². The Labute approximate surface area is 153 Å². The molecular formula is C17H14N8O2. The first-order valence-corrected chi connectivity index (χ1v) is 8.21. The number of anilines is 1. The summed E-state index contributed by atoms with van der Waals surface area (Å²) in [5.41, 5.74) is 7.49. The van der Waals surface area contributed by atoms with Crippen LogP contribution < -0.4 is 15.2 Å². The summed E-state index contributed by atoms with van der Waals surface area (Å²) in [4.78, 5) is 4.67. The van der Waals surface area contributed by atoms with E-state index in [4.69, 9.17) is 15.2 Å². The number of nitrogens with two attached hydrogens (primary N) is 1. The molecule has 3 heterocycles. The fraction of sp³-hybridized carbons (Fsp3) is 0.118. The molecule has 10 heteroatoms. The van der Waals surface area contributed by atoms with Crippen LogP contribution >= 0.6 is 0 Å². The van der Waals surface area contributed by atoms with Crippen LogP contribution in [0, 0.1) is 0 Å². The highest BCUT2D eigenvalue weighted by Crippen LogP contribution is 2.34. The van der Waals surface area contributed by atoms with Gasteiger partial charge in [-0.1, -0.05) is 35.4 Å². The van der Waals surface area contributed by atoms with Crippen molar-refractivity contribution in [1.82, 2.24) is 35.0 Å². The van der Waals surface area contributed by atoms with Crippen LogP contribution in [0.4, 0.5) is 5.95 Å². The molecule has 0 unspecified atom stereocenters. The minimum atomic E-state index is 0.205. The van der Waals surface area contributed by atoms with E-state index in [0.717, 1.165) is 11.3 Å². The standard InChI is InChI=1S/C17H14N8O2/c18-17-20-22-23-24(17)9-15-19-16(11-4-2-1-3-5-11)21-25(15)12-6-7-13-14(8-12)27-10-26-13/h1-8H,9-10H2,(H2,18,20,23). The second-order valence-corrected chi connectivity index (χ2v) is 5.86. The van der Waals surface area contributed by atoms with E-state index in [1.807, 2.05) is 48.5 Å². The molecule has 1 aliphatic rings. The maximum absolute atomic E-state index is 5.80. The molecule has 0 amide bonds. The van der Waals surface area contributed by atoms with Crippen molar-refractivity contribution in [2.24, 2.45) is 0 Å². The molecule has 0 radical (unpaired) electrons. The van der Waals surface area contributed by atoms with Crippen LogP contribution in [0.5, 0.6) is 11.5 Å². The molecule has 0 atom stereocenters. The zero-order valence-corrected chi connectivity index (χ0v) is 14.1. The van der Waals surface area contributed by atoms with E-state index >= 15 is 0 Å². The molecule has 0 aliphatic carbocycles. The van der Waals surface area contributed by atoms with Crippen LogP contribution in [0.15, 0.2) is 48.5 Å². The number of hydrogen-bond donors (Lipinski definition) is 1.